The van der Waals surface area contributed by atoms with Gasteiger partial charge in [0.1, 0.15) is 11.5 Å². The lowest BCUT2D eigenvalue weighted by Crippen LogP contribution is -2.51. The van der Waals surface area contributed by atoms with E-state index in [-0.39, 0.29) is 12.2 Å². The van der Waals surface area contributed by atoms with Crippen molar-refractivity contribution in [3.05, 3.63) is 119 Å². The first kappa shape index (κ1) is 88.0. The molecule has 2 heterocycles. The maximum Gasteiger partial charge on any atom is 0.311 e. The summed E-state index contributed by atoms with van der Waals surface area (Å²) in [6.45, 7) is 58.5. The van der Waals surface area contributed by atoms with E-state index in [2.05, 4.69) is 170 Å². The van der Waals surface area contributed by atoms with Crippen LogP contribution in [0, 0.1) is 0 Å². The minimum atomic E-state index is -2.27. The van der Waals surface area contributed by atoms with Gasteiger partial charge >= 0.3 is 25.7 Å². The lowest BCUT2D eigenvalue weighted by Gasteiger charge is -2.37. The Labute approximate surface area is 661 Å². The van der Waals surface area contributed by atoms with Gasteiger partial charge in [-0.15, -0.1) is 0 Å². The molecule has 0 saturated carbocycles. The van der Waals surface area contributed by atoms with E-state index in [4.69, 9.17) is 42.4 Å². The number of fused-ring (bicyclic) bond motifs is 2. The highest BCUT2D eigenvalue weighted by Gasteiger charge is 2.43. The predicted octanol–water partition coefficient (Wildman–Crippen LogP) is 22.9. The van der Waals surface area contributed by atoms with Crippen LogP contribution in [0.5, 0.6) is 11.5 Å². The van der Waals surface area contributed by atoms with E-state index >= 15 is 0 Å². The van der Waals surface area contributed by atoms with Gasteiger partial charge in [-0.05, 0) is 351 Å². The fraction of sp³-hybridized carbons (Fsp3) is 0.550. The average Bonchev–Trinajstić information content (AvgIpc) is 0.689. The van der Waals surface area contributed by atoms with Gasteiger partial charge in [-0.3, -0.25) is 19.2 Å². The molecule has 0 fully saturated rings. The van der Waals surface area contributed by atoms with Crippen LogP contribution >= 0.6 is 0 Å². The van der Waals surface area contributed by atoms with E-state index in [1.807, 2.05) is 97.1 Å². The number of carbonyl (C=O) groups excluding carboxylic acids is 4. The number of carbonyl (C=O) groups is 4. The van der Waals surface area contributed by atoms with Crippen LogP contribution in [0.1, 0.15) is 118 Å². The van der Waals surface area contributed by atoms with Gasteiger partial charge in [0.15, 0.2) is 66.5 Å². The Balaban J connectivity index is 0.900. The molecule has 2 aliphatic rings. The standard InChI is InChI=1S/C80H130N2O14Si12/c1-98(2,3)89-97-90-102(13,14)55-31-27-35-61(36-28-32-56-103(15,16)94-106(21,22)91-99(4,5)6)87-63-43-39-59(40-44-63)81-77(83)69-51-47-65-67-49-53-71-76-72(54-50-68(74(67)76)66-48-52-70(78(81)84)75(69)73(65)66)80(86)82(79(71)85)60-41-45-64(46-42-60)88-62(37-29-33-57-104(17,18)95-107(23,24)92-100(7,8)9)38-30-34-58-105(19,20)96-108(25,26)93-101(10,11)12/h39-54,61-62H,27-38,55-58,97H2,1-26H3. The van der Waals surface area contributed by atoms with Crippen molar-refractivity contribution in [3.8, 4) is 11.5 Å². The molecule has 0 aromatic heterocycles. The molecule has 2 aliphatic heterocycles. The first-order valence-electron chi connectivity index (χ1n) is 39.8. The lowest BCUT2D eigenvalue weighted by atomic mass is 9.82. The molecule has 0 radical (unpaired) electrons. The van der Waals surface area contributed by atoms with Crippen LogP contribution in [-0.4, -0.2) is 138 Å². The van der Waals surface area contributed by atoms with E-state index in [9.17, 15) is 19.2 Å². The number of benzene rings is 7. The zero-order valence-electron chi connectivity index (χ0n) is 70.5. The van der Waals surface area contributed by atoms with Gasteiger partial charge in [-0.2, -0.15) is 0 Å². The van der Waals surface area contributed by atoms with Crippen LogP contribution in [0.15, 0.2) is 97.1 Å². The van der Waals surface area contributed by atoms with Crippen molar-refractivity contribution in [2.45, 2.75) is 284 Å². The van der Waals surface area contributed by atoms with Gasteiger partial charge in [0.05, 0.1) is 23.6 Å². The van der Waals surface area contributed by atoms with Crippen molar-refractivity contribution in [2.24, 2.45) is 0 Å². The summed E-state index contributed by atoms with van der Waals surface area (Å²) in [6.07, 6.45) is 11.7. The Hall–Kier alpha value is -4.00. The summed E-state index contributed by atoms with van der Waals surface area (Å²) in [6, 6.07) is 34.1. The SMILES string of the molecule is C[Si](C)(C)O[SiH2]O[Si](C)(C)CCCCC(CCCC[Si](C)(C)O[Si](C)(C)O[Si](C)(C)C)Oc1ccc(N2C(=O)c3ccc4c5ccc6c7c(ccc(c8ccc(c3c48)C2=O)c75)C(=O)N(c2ccc(OC(CCCC[Si](C)(C)O[Si](C)(C)O[Si](C)(C)C)CCCC[Si](C)(C)O[Si](C)(C)O[Si](C)(C)C)cc2)C6=O)cc1. The second-order valence-electron chi connectivity index (χ2n) is 38.2. The summed E-state index contributed by atoms with van der Waals surface area (Å²) in [7, 11) is -22.5. The fourth-order valence-electron chi connectivity index (χ4n) is 16.5. The van der Waals surface area contributed by atoms with Crippen LogP contribution in [0.25, 0.3) is 43.1 Å². The minimum absolute atomic E-state index is 0.0244. The topological polar surface area (TPSA) is 167 Å². The third kappa shape index (κ3) is 24.1. The number of imide groups is 2. The quantitative estimate of drug-likeness (QED) is 0.0117. The molecular formula is C80H130N2O14Si12. The minimum Gasteiger partial charge on any atom is -0.490 e. The molecule has 0 spiro atoms. The van der Waals surface area contributed by atoms with Gasteiger partial charge in [-0.1, -0.05) is 49.9 Å². The molecule has 16 nitrogen and oxygen atoms in total. The second-order valence-corrected chi connectivity index (χ2v) is 87.0. The first-order chi connectivity index (χ1) is 49.8. The molecule has 28 heteroatoms. The van der Waals surface area contributed by atoms with Crippen molar-refractivity contribution < 1.29 is 61.6 Å². The summed E-state index contributed by atoms with van der Waals surface area (Å²) in [5.74, 6) is -0.255. The van der Waals surface area contributed by atoms with Gasteiger partial charge in [0.25, 0.3) is 33.6 Å². The molecule has 7 aromatic rings. The van der Waals surface area contributed by atoms with Crippen molar-refractivity contribution in [1.29, 1.82) is 0 Å². The van der Waals surface area contributed by atoms with Gasteiger partial charge in [0.2, 0.25) is 0 Å². The van der Waals surface area contributed by atoms with E-state index < -0.39 is 126 Å². The van der Waals surface area contributed by atoms with Crippen LogP contribution in [0.4, 0.5) is 11.4 Å². The number of hydrogen-bond donors (Lipinski definition) is 0. The maximum absolute atomic E-state index is 15.0. The zero-order valence-corrected chi connectivity index (χ0v) is 82.9. The van der Waals surface area contributed by atoms with E-state index in [0.717, 1.165) is 134 Å². The second kappa shape index (κ2) is 34.2. The molecule has 0 aliphatic carbocycles. The van der Waals surface area contributed by atoms with Crippen molar-refractivity contribution in [3.63, 3.8) is 0 Å². The molecule has 592 valence electrons. The average molecular weight is 1680 g/mol. The summed E-state index contributed by atoms with van der Waals surface area (Å²) >= 11 is 0. The number of anilines is 2. The highest BCUT2D eigenvalue weighted by Crippen LogP contribution is 2.48. The molecule has 1 atom stereocenters. The Morgan fingerprint density at radius 3 is 0.796 bits per heavy atom. The van der Waals surface area contributed by atoms with E-state index in [0.29, 0.717) is 55.9 Å². The lowest BCUT2D eigenvalue weighted by molar-refractivity contribution is 0.0877. The number of unbranched alkanes of at least 4 members (excludes halogenated alkanes) is 4. The molecule has 9 rings (SSSR count). The van der Waals surface area contributed by atoms with Crippen molar-refractivity contribution >= 4 is 180 Å². The molecule has 108 heavy (non-hydrogen) atoms. The number of ether oxygens (including phenoxy) is 2. The number of amides is 4. The molecule has 0 N–H and O–H groups in total. The van der Waals surface area contributed by atoms with Crippen LogP contribution in [0.3, 0.4) is 0 Å². The Morgan fingerprint density at radius 2 is 0.546 bits per heavy atom. The van der Waals surface area contributed by atoms with Crippen molar-refractivity contribution in [2.75, 3.05) is 9.80 Å². The molecule has 1 unspecified atom stereocenters. The molecule has 7 aromatic carbocycles. The summed E-state index contributed by atoms with van der Waals surface area (Å²) in [4.78, 5) is 62.5. The third-order valence-corrected chi connectivity index (χ3v) is 59.4. The zero-order chi connectivity index (χ0) is 79.8. The smallest absolute Gasteiger partial charge is 0.311 e. The molecule has 0 bridgehead atoms. The summed E-state index contributed by atoms with van der Waals surface area (Å²) < 4.78 is 66.8. The van der Waals surface area contributed by atoms with Gasteiger partial charge in [0, 0.05) is 33.0 Å². The largest absolute Gasteiger partial charge is 0.490 e. The Kier molecular flexibility index (Phi) is 27.9. The molecule has 0 saturated heterocycles. The normalized spacial score (nSPS) is 15.3. The number of hydrogen-bond acceptors (Lipinski definition) is 14. The molecule has 4 amide bonds. The third-order valence-electron chi connectivity index (χ3n) is 19.8. The maximum atomic E-state index is 15.0. The van der Waals surface area contributed by atoms with Crippen LogP contribution < -0.4 is 19.3 Å². The van der Waals surface area contributed by atoms with Crippen molar-refractivity contribution in [1.82, 2.24) is 0 Å². The Bertz CT molecular complexity index is 4160. The first-order valence-corrected chi connectivity index (χ1v) is 75.5. The van der Waals surface area contributed by atoms with Crippen LogP contribution in [-0.2, 0) is 32.9 Å². The van der Waals surface area contributed by atoms with Crippen LogP contribution in [0.2, 0.25) is 194 Å². The molecular weight excluding hydrogens is 1550 g/mol. The summed E-state index contributed by atoms with van der Waals surface area (Å²) in [5, 5.41) is 6.09. The highest BCUT2D eigenvalue weighted by atomic mass is 28.5. The Morgan fingerprint density at radius 1 is 0.287 bits per heavy atom. The number of nitrogens with zero attached hydrogens (tertiary/aromatic N) is 2. The summed E-state index contributed by atoms with van der Waals surface area (Å²) in [5.41, 5.74) is 2.62. The predicted molar refractivity (Wildman–Crippen MR) is 479 cm³/mol. The highest BCUT2D eigenvalue weighted by molar-refractivity contribution is 6.89. The monoisotopic (exact) mass is 1680 g/mol. The fourth-order valence-corrected chi connectivity index (χ4v) is 61.5. The number of rotatable bonds is 42. The van der Waals surface area contributed by atoms with Gasteiger partial charge < -0.3 is 42.4 Å². The van der Waals surface area contributed by atoms with E-state index in [1.165, 1.54) is 9.80 Å². The van der Waals surface area contributed by atoms with E-state index in [1.54, 1.807) is 0 Å². The van der Waals surface area contributed by atoms with Gasteiger partial charge in [-0.25, -0.2) is 9.80 Å².